The second kappa shape index (κ2) is 21.3. The Kier molecular flexibility index (Phi) is 17.1. The molecule has 2 aliphatic heterocycles. The summed E-state index contributed by atoms with van der Waals surface area (Å²) in [4.78, 5) is 16.3. The lowest BCUT2D eigenvalue weighted by molar-refractivity contribution is 0.0569. The van der Waals surface area contributed by atoms with Gasteiger partial charge < -0.3 is 10.1 Å². The van der Waals surface area contributed by atoms with Crippen molar-refractivity contribution in [1.82, 2.24) is 34.1 Å². The van der Waals surface area contributed by atoms with Gasteiger partial charge in [0, 0.05) is 82.3 Å². The Labute approximate surface area is 372 Å². The number of aryl methyl sites for hydroxylation is 2. The van der Waals surface area contributed by atoms with Crippen molar-refractivity contribution in [3.8, 4) is 12.0 Å². The first kappa shape index (κ1) is 51.6. The monoisotopic (exact) mass is 938 g/mol. The molecular formula is C42H58F4N10O6S2. The van der Waals surface area contributed by atoms with Gasteiger partial charge in [0.1, 0.15) is 29.7 Å². The number of carbonyl (C=O) groups excluding carboxylic acids is 1. The van der Waals surface area contributed by atoms with Crippen LogP contribution in [0.5, 0.6) is 5.75 Å². The number of nitrogens with one attached hydrogen (secondary N) is 2. The molecule has 0 unspecified atom stereocenters. The van der Waals surface area contributed by atoms with Crippen molar-refractivity contribution in [3.63, 3.8) is 0 Å². The van der Waals surface area contributed by atoms with Crippen LogP contribution in [0, 0.1) is 23.2 Å². The number of nitrogens with zero attached hydrogens (tertiary/aromatic N) is 7. The number of hydrogen-bond acceptors (Lipinski definition) is 11. The zero-order valence-electron chi connectivity index (χ0n) is 37.7. The third-order valence-electron chi connectivity index (χ3n) is 10.4. The number of ether oxygens (including phenoxy) is 1. The standard InChI is InChI=1S/C21H29F2N5O3S.C13H16FNO.C8H13FN4O2S/c1-12(2)17-6-14(22)7-18(13(3)4)20(17)24-21(29)26-32(30,31)19-8-16(27(5)25-19)11-28-9-15(23)10-28;1-8(2)11-5-10(14)6-12(9(3)4)13(11)16-7-15;1-12-7(5-13-3-6(9)4-13)2-8(11-12)16(10,14)15/h6-8,12-13,15H,9-11H2,1-5H3,(H2,24,26,29);5-6,8-9H,1-4H3;2,6H,3-5H2,1H3,(H2,10,14,15). The Morgan fingerprint density at radius 3 is 1.45 bits per heavy atom. The maximum Gasteiger partial charge on any atom is 0.333 e. The van der Waals surface area contributed by atoms with E-state index in [4.69, 9.17) is 15.1 Å². The Morgan fingerprint density at radius 2 is 1.11 bits per heavy atom. The first-order chi connectivity index (χ1) is 29.7. The number of sulfonamides is 2. The quantitative estimate of drug-likeness (QED) is 0.0958. The van der Waals surface area contributed by atoms with Crippen LogP contribution in [0.1, 0.15) is 113 Å². The zero-order chi connectivity index (χ0) is 48.0. The lowest BCUT2D eigenvalue weighted by atomic mass is 9.92. The molecule has 4 heterocycles. The molecule has 16 nitrogen and oxygen atoms in total. The largest absolute Gasteiger partial charge is 0.387 e. The summed E-state index contributed by atoms with van der Waals surface area (Å²) in [6.07, 6.45) is 0.0333. The topological polar surface area (TPSA) is 211 Å². The number of carbonyl (C=O) groups is 1. The molecule has 22 heteroatoms. The van der Waals surface area contributed by atoms with Crippen LogP contribution in [0.4, 0.5) is 28.0 Å². The van der Waals surface area contributed by atoms with Crippen LogP contribution in [0.3, 0.4) is 0 Å². The first-order valence-corrected chi connectivity index (χ1v) is 23.6. The highest BCUT2D eigenvalue weighted by molar-refractivity contribution is 7.90. The summed E-state index contributed by atoms with van der Waals surface area (Å²) >= 11 is 0. The minimum atomic E-state index is -4.25. The highest BCUT2D eigenvalue weighted by Crippen LogP contribution is 2.36. The average molecular weight is 939 g/mol. The van der Waals surface area contributed by atoms with Crippen LogP contribution in [0.15, 0.2) is 46.5 Å². The molecule has 0 spiro atoms. The van der Waals surface area contributed by atoms with Crippen LogP contribution in [0.2, 0.25) is 0 Å². The molecule has 2 saturated heterocycles. The fourth-order valence-corrected chi connectivity index (χ4v) is 8.38. The van der Waals surface area contributed by atoms with Crippen molar-refractivity contribution in [3.05, 3.63) is 81.7 Å². The fraction of sp³-hybridized carbons (Fsp3) is 0.524. The van der Waals surface area contributed by atoms with E-state index < -0.39 is 44.2 Å². The van der Waals surface area contributed by atoms with E-state index >= 15 is 0 Å². The number of hydrogen-bond donors (Lipinski definition) is 3. The van der Waals surface area contributed by atoms with Crippen molar-refractivity contribution < 1.29 is 43.9 Å². The highest BCUT2D eigenvalue weighted by atomic mass is 32.2. The molecule has 2 fully saturated rings. The van der Waals surface area contributed by atoms with Crippen molar-refractivity contribution in [2.24, 2.45) is 19.2 Å². The van der Waals surface area contributed by atoms with E-state index in [0.717, 1.165) is 11.1 Å². The number of halogens is 4. The van der Waals surface area contributed by atoms with Crippen LogP contribution in [-0.4, -0.2) is 90.7 Å². The first-order valence-electron chi connectivity index (χ1n) is 20.6. The molecule has 2 aromatic heterocycles. The number of urea groups is 1. The number of anilines is 1. The van der Waals surface area contributed by atoms with Gasteiger partial charge in [-0.25, -0.2) is 40.6 Å². The Hall–Kier alpha value is -5.08. The molecule has 2 aromatic carbocycles. The van der Waals surface area contributed by atoms with E-state index in [0.29, 0.717) is 73.2 Å². The number of amides is 2. The molecule has 64 heavy (non-hydrogen) atoms. The van der Waals surface area contributed by atoms with Crippen molar-refractivity contribution in [2.75, 3.05) is 31.5 Å². The molecule has 0 atom stereocenters. The van der Waals surface area contributed by atoms with E-state index in [2.05, 4.69) is 15.5 Å². The van der Waals surface area contributed by atoms with Crippen LogP contribution in [-0.2, 0) is 47.2 Å². The van der Waals surface area contributed by atoms with E-state index in [1.54, 1.807) is 20.4 Å². The maximum atomic E-state index is 14.1. The Bertz CT molecular complexity index is 2490. The summed E-state index contributed by atoms with van der Waals surface area (Å²) < 4.78 is 110. The van der Waals surface area contributed by atoms with Crippen LogP contribution < -0.4 is 19.9 Å². The van der Waals surface area contributed by atoms with Gasteiger partial charge in [-0.1, -0.05) is 55.4 Å². The molecule has 0 saturated carbocycles. The molecule has 2 amide bonds. The number of primary sulfonamides is 1. The van der Waals surface area contributed by atoms with Crippen molar-refractivity contribution >= 4 is 31.8 Å². The van der Waals surface area contributed by atoms with Gasteiger partial charge in [0.2, 0.25) is 0 Å². The van der Waals surface area contributed by atoms with Crippen LogP contribution in [0.25, 0.3) is 0 Å². The normalized spacial score (nSPS) is 15.0. The smallest absolute Gasteiger partial charge is 0.333 e. The summed E-state index contributed by atoms with van der Waals surface area (Å²) in [7, 11) is -4.79. The predicted octanol–water partition coefficient (Wildman–Crippen LogP) is 6.62. The number of rotatable bonds is 13. The summed E-state index contributed by atoms with van der Waals surface area (Å²) in [6, 6.07) is 7.36. The van der Waals surface area contributed by atoms with Gasteiger partial charge in [0.15, 0.2) is 10.1 Å². The van der Waals surface area contributed by atoms with Crippen molar-refractivity contribution in [1.29, 1.82) is 5.26 Å². The number of likely N-dealkylation sites (tertiary alicyclic amines) is 2. The highest BCUT2D eigenvalue weighted by Gasteiger charge is 2.30. The Morgan fingerprint density at radius 1 is 0.734 bits per heavy atom. The van der Waals surface area contributed by atoms with Gasteiger partial charge in [0.25, 0.3) is 26.3 Å². The number of aromatic nitrogens is 4. The number of benzene rings is 2. The molecule has 4 aromatic rings. The molecule has 0 aliphatic carbocycles. The number of nitrogens with two attached hydrogens (primary N) is 1. The molecule has 0 radical (unpaired) electrons. The summed E-state index contributed by atoms with van der Waals surface area (Å²) in [5.41, 5.74) is 4.31. The van der Waals surface area contributed by atoms with Gasteiger partial charge in [-0.2, -0.15) is 18.6 Å². The molecule has 352 valence electrons. The third kappa shape index (κ3) is 13.5. The second-order valence-corrected chi connectivity index (χ2v) is 20.2. The van der Waals surface area contributed by atoms with E-state index in [1.807, 2.05) is 69.9 Å². The molecular weight excluding hydrogens is 881 g/mol. The molecule has 2 aliphatic rings. The van der Waals surface area contributed by atoms with E-state index in [1.165, 1.54) is 45.8 Å². The minimum absolute atomic E-state index is 0.0983. The van der Waals surface area contributed by atoms with E-state index in [9.17, 15) is 39.2 Å². The van der Waals surface area contributed by atoms with Crippen molar-refractivity contribution in [2.45, 2.75) is 115 Å². The van der Waals surface area contributed by atoms with Gasteiger partial charge in [-0.15, -0.1) is 5.26 Å². The predicted molar refractivity (Wildman–Crippen MR) is 233 cm³/mol. The lowest BCUT2D eigenvalue weighted by Gasteiger charge is -2.33. The van der Waals surface area contributed by atoms with Gasteiger partial charge in [-0.05, 0) is 59.1 Å². The minimum Gasteiger partial charge on any atom is -0.387 e. The van der Waals surface area contributed by atoms with Crippen LogP contribution >= 0.6 is 0 Å². The third-order valence-corrected chi connectivity index (χ3v) is 12.4. The average Bonchev–Trinajstić information content (AvgIpc) is 3.73. The summed E-state index contributed by atoms with van der Waals surface area (Å²) in [6.45, 7) is 17.4. The van der Waals surface area contributed by atoms with Gasteiger partial charge in [-0.3, -0.25) is 19.2 Å². The van der Waals surface area contributed by atoms with E-state index in [-0.39, 0.29) is 39.5 Å². The molecule has 4 N–H and O–H groups in total. The second-order valence-electron chi connectivity index (χ2n) is 17.1. The molecule has 6 rings (SSSR count). The maximum absolute atomic E-state index is 14.1. The SMILES string of the molecule is CC(C)c1cc(F)cc(C(C)C)c1NC(=O)NS(=O)(=O)c1cc(CN2CC(F)C2)n(C)n1.CC(C)c1cc(F)cc(C(C)C)c1OC#N.Cn1nc(S(N)(=O)=O)cc1CN1CC(F)C1. The summed E-state index contributed by atoms with van der Waals surface area (Å²) in [5.74, 6) is -0.143. The Balaban J connectivity index is 0.000000234. The molecule has 0 bridgehead atoms. The lowest BCUT2D eigenvalue weighted by Crippen LogP contribution is -2.47. The van der Waals surface area contributed by atoms with Gasteiger partial charge in [0.05, 0.1) is 11.4 Å². The number of nitriles is 1. The number of alkyl halides is 2. The summed E-state index contributed by atoms with van der Waals surface area (Å²) in [5, 5.41) is 23.5. The van der Waals surface area contributed by atoms with Gasteiger partial charge >= 0.3 is 6.03 Å². The zero-order valence-corrected chi connectivity index (χ0v) is 39.3. The fourth-order valence-electron chi connectivity index (χ4n) is 6.93.